The van der Waals surface area contributed by atoms with Gasteiger partial charge in [0.15, 0.2) is 0 Å². The number of hydrogen-bond acceptors (Lipinski definition) is 3. The Labute approximate surface area is 392 Å². The molecule has 4 heterocycles. The smallest absolute Gasteiger partial charge is 0.252 e. The number of nitrogens with zero attached hydrogens (tertiary/aromatic N) is 3. The summed E-state index contributed by atoms with van der Waals surface area (Å²) in [6.45, 7) is 23.7. The van der Waals surface area contributed by atoms with Crippen LogP contribution in [0.25, 0.3) is 11.1 Å². The van der Waals surface area contributed by atoms with Crippen LogP contribution < -0.4 is 31.1 Å². The number of rotatable bonds is 4. The molecule has 0 saturated carbocycles. The third-order valence-corrected chi connectivity index (χ3v) is 15.6. The van der Waals surface area contributed by atoms with E-state index in [9.17, 15) is 0 Å². The molecule has 0 spiro atoms. The lowest BCUT2D eigenvalue weighted by molar-refractivity contribution is 0.590. The summed E-state index contributed by atoms with van der Waals surface area (Å²) in [7, 11) is 0. The average molecular weight is 856 g/mol. The van der Waals surface area contributed by atoms with Gasteiger partial charge in [-0.3, -0.25) is 0 Å². The standard InChI is InChI=1S/C62H58BN3/c1-59(2,3)39-24-28-45(29-25-39)65-54-38-46(64(43-18-13-11-14-19-43)44-20-15-12-16-21-44)30-32-50(54)63-51-35-40(60(4,5)6)27-33-52(51)66-53-23-17-22-48-57(53)47-31-26-41(34-49(47)62(48,9)10)61(7,8)42-36-55(65)58(63)56(66)37-42/h11-38H,1-10H3. The van der Waals surface area contributed by atoms with Crippen molar-refractivity contribution in [2.45, 2.75) is 90.9 Å². The van der Waals surface area contributed by atoms with Crippen molar-refractivity contribution in [2.75, 3.05) is 14.7 Å². The lowest BCUT2D eigenvalue weighted by Crippen LogP contribution is -2.61. The average Bonchev–Trinajstić information content (AvgIpc) is 3.53. The maximum atomic E-state index is 2.66. The first-order valence-corrected chi connectivity index (χ1v) is 23.9. The molecule has 1 aliphatic carbocycles. The number of benzene rings is 8. The molecule has 8 aromatic rings. The van der Waals surface area contributed by atoms with Crippen molar-refractivity contribution in [3.63, 3.8) is 0 Å². The lowest BCUT2D eigenvalue weighted by Gasteiger charge is -2.46. The van der Waals surface area contributed by atoms with Gasteiger partial charge < -0.3 is 14.7 Å². The maximum Gasteiger partial charge on any atom is 0.252 e. The largest absolute Gasteiger partial charge is 0.311 e. The van der Waals surface area contributed by atoms with Crippen LogP contribution in [-0.2, 0) is 21.7 Å². The molecule has 5 aliphatic rings. The third kappa shape index (κ3) is 5.83. The Hall–Kier alpha value is -6.78. The van der Waals surface area contributed by atoms with E-state index in [2.05, 4.69) is 254 Å². The highest BCUT2D eigenvalue weighted by Gasteiger charge is 2.47. The van der Waals surface area contributed by atoms with E-state index >= 15 is 0 Å². The molecule has 0 N–H and O–H groups in total. The monoisotopic (exact) mass is 855 g/mol. The quantitative estimate of drug-likeness (QED) is 0.163. The Morgan fingerprint density at radius 2 is 1.06 bits per heavy atom. The molecule has 6 bridgehead atoms. The second-order valence-corrected chi connectivity index (χ2v) is 22.3. The summed E-state index contributed by atoms with van der Waals surface area (Å²) < 4.78 is 0. The minimum Gasteiger partial charge on any atom is -0.311 e. The predicted molar refractivity (Wildman–Crippen MR) is 282 cm³/mol. The summed E-state index contributed by atoms with van der Waals surface area (Å²) in [4.78, 5) is 7.66. The summed E-state index contributed by atoms with van der Waals surface area (Å²) in [6, 6.07) is 65.3. The summed E-state index contributed by atoms with van der Waals surface area (Å²) in [5.41, 5.74) is 25.1. The SMILES string of the molecule is CC(C)(C)c1ccc(N2c3cc(N(c4ccccc4)c4ccccc4)ccc3B3c4cc(C(C)(C)C)ccc4N4c5cc(cc2c53)C(C)(C)c2ccc3c(c2)C(C)(C)c2cccc4c2-3)cc1. The minimum absolute atomic E-state index is 0.0149. The molecule has 0 atom stereocenters. The van der Waals surface area contributed by atoms with E-state index in [0.717, 1.165) is 22.7 Å². The highest BCUT2D eigenvalue weighted by molar-refractivity contribution is 7.00. The lowest BCUT2D eigenvalue weighted by atomic mass is 9.33. The Morgan fingerprint density at radius 1 is 0.424 bits per heavy atom. The normalized spacial score (nSPS) is 15.6. The second kappa shape index (κ2) is 13.9. The predicted octanol–water partition coefficient (Wildman–Crippen LogP) is 14.8. The van der Waals surface area contributed by atoms with E-state index < -0.39 is 0 Å². The van der Waals surface area contributed by atoms with Crippen LogP contribution in [-0.4, -0.2) is 6.71 Å². The van der Waals surface area contributed by atoms with Crippen LogP contribution in [0.4, 0.5) is 51.2 Å². The highest BCUT2D eigenvalue weighted by atomic mass is 15.2. The van der Waals surface area contributed by atoms with Crippen molar-refractivity contribution in [3.05, 3.63) is 203 Å². The zero-order chi connectivity index (χ0) is 45.7. The fourth-order valence-electron chi connectivity index (χ4n) is 11.7. The molecule has 4 heteroatoms. The summed E-state index contributed by atoms with van der Waals surface area (Å²) in [5.74, 6) is 0. The van der Waals surface area contributed by atoms with Gasteiger partial charge in [0.05, 0.1) is 5.69 Å². The van der Waals surface area contributed by atoms with Gasteiger partial charge in [-0.25, -0.2) is 0 Å². The molecule has 324 valence electrons. The van der Waals surface area contributed by atoms with Crippen LogP contribution in [0.5, 0.6) is 0 Å². The van der Waals surface area contributed by atoms with Gasteiger partial charge in [-0.1, -0.05) is 166 Å². The van der Waals surface area contributed by atoms with Crippen LogP contribution in [0.2, 0.25) is 0 Å². The van der Waals surface area contributed by atoms with Crippen molar-refractivity contribution in [1.82, 2.24) is 0 Å². The van der Waals surface area contributed by atoms with E-state index in [1.54, 1.807) is 0 Å². The van der Waals surface area contributed by atoms with Crippen molar-refractivity contribution < 1.29 is 0 Å². The van der Waals surface area contributed by atoms with E-state index in [4.69, 9.17) is 0 Å². The molecule has 4 aliphatic heterocycles. The Morgan fingerprint density at radius 3 is 1.71 bits per heavy atom. The Balaban J connectivity index is 1.22. The molecule has 0 unspecified atom stereocenters. The van der Waals surface area contributed by atoms with Crippen molar-refractivity contribution in [2.24, 2.45) is 0 Å². The first-order chi connectivity index (χ1) is 31.5. The Bertz CT molecular complexity index is 3240. The van der Waals surface area contributed by atoms with E-state index in [-0.39, 0.29) is 28.4 Å². The van der Waals surface area contributed by atoms with Gasteiger partial charge in [-0.2, -0.15) is 0 Å². The zero-order valence-electron chi connectivity index (χ0n) is 40.1. The van der Waals surface area contributed by atoms with Gasteiger partial charge in [-0.15, -0.1) is 0 Å². The summed E-state index contributed by atoms with van der Waals surface area (Å²) in [6.07, 6.45) is 0. The van der Waals surface area contributed by atoms with Gasteiger partial charge >= 0.3 is 0 Å². The van der Waals surface area contributed by atoms with E-state index in [1.807, 2.05) is 0 Å². The topological polar surface area (TPSA) is 9.72 Å². The van der Waals surface area contributed by atoms with Crippen molar-refractivity contribution in [3.8, 4) is 11.1 Å². The minimum atomic E-state index is -0.313. The molecule has 0 saturated heterocycles. The van der Waals surface area contributed by atoms with Crippen LogP contribution >= 0.6 is 0 Å². The molecule has 13 rings (SSSR count). The summed E-state index contributed by atoms with van der Waals surface area (Å²) in [5, 5.41) is 0. The van der Waals surface area contributed by atoms with Gasteiger partial charge in [0.25, 0.3) is 6.71 Å². The molecule has 8 aromatic carbocycles. The van der Waals surface area contributed by atoms with Crippen LogP contribution in [0.1, 0.15) is 103 Å². The fourth-order valence-corrected chi connectivity index (χ4v) is 11.7. The first kappa shape index (κ1) is 40.7. The molecule has 0 radical (unpaired) electrons. The van der Waals surface area contributed by atoms with Crippen LogP contribution in [0, 0.1) is 0 Å². The number of para-hydroxylation sites is 2. The first-order valence-electron chi connectivity index (χ1n) is 23.9. The molecular weight excluding hydrogens is 798 g/mol. The highest BCUT2D eigenvalue weighted by Crippen LogP contribution is 2.57. The van der Waals surface area contributed by atoms with Gasteiger partial charge in [0.1, 0.15) is 0 Å². The van der Waals surface area contributed by atoms with Crippen LogP contribution in [0.3, 0.4) is 0 Å². The summed E-state index contributed by atoms with van der Waals surface area (Å²) >= 11 is 0. The van der Waals surface area contributed by atoms with Crippen LogP contribution in [0.15, 0.2) is 170 Å². The molecule has 3 nitrogen and oxygen atoms in total. The molecule has 0 amide bonds. The Kier molecular flexibility index (Phi) is 8.56. The van der Waals surface area contributed by atoms with Crippen molar-refractivity contribution >= 4 is 74.3 Å². The van der Waals surface area contributed by atoms with E-state index in [0.29, 0.717) is 0 Å². The van der Waals surface area contributed by atoms with Gasteiger partial charge in [0.2, 0.25) is 0 Å². The second-order valence-electron chi connectivity index (χ2n) is 22.3. The maximum absolute atomic E-state index is 2.66. The van der Waals surface area contributed by atoms with Gasteiger partial charge in [-0.05, 0) is 139 Å². The zero-order valence-corrected chi connectivity index (χ0v) is 40.1. The molecule has 0 fully saturated rings. The third-order valence-electron chi connectivity index (χ3n) is 15.6. The number of anilines is 9. The van der Waals surface area contributed by atoms with Crippen molar-refractivity contribution in [1.29, 1.82) is 0 Å². The number of fused-ring (bicyclic) bond motifs is 5. The molecular formula is C62H58BN3. The molecule has 66 heavy (non-hydrogen) atoms. The van der Waals surface area contributed by atoms with E-state index in [1.165, 1.54) is 89.3 Å². The number of hydrogen-bond donors (Lipinski definition) is 0. The fraction of sp³-hybridized carbons (Fsp3) is 0.226. The van der Waals surface area contributed by atoms with Gasteiger partial charge in [0, 0.05) is 61.9 Å². The molecule has 0 aromatic heterocycles.